The minimum Gasteiger partial charge on any atom is -0.493 e. The van der Waals surface area contributed by atoms with E-state index in [0.717, 1.165) is 12.0 Å². The van der Waals surface area contributed by atoms with Gasteiger partial charge in [0.25, 0.3) is 5.91 Å². The predicted molar refractivity (Wildman–Crippen MR) is 126 cm³/mol. The molecule has 0 aliphatic carbocycles. The molecular formula is C25H25ClN2O4. The highest BCUT2D eigenvalue weighted by atomic mass is 35.5. The first-order valence-corrected chi connectivity index (χ1v) is 10.6. The standard InChI is InChI=1S/C25H25ClN2O4/c1-3-13-31-23-11-9-19(15-24(23)30-2)25(29)28-27-16-20-14-21(26)10-12-22(20)32-17-18-7-5-4-6-8-18/h4-12,14-16H,3,13,17H2,1-2H3,(H,28,29)/b27-16+. The largest absolute Gasteiger partial charge is 0.493 e. The third kappa shape index (κ3) is 6.49. The second kappa shape index (κ2) is 11.8. The zero-order valence-corrected chi connectivity index (χ0v) is 18.8. The fraction of sp³-hybridized carbons (Fsp3) is 0.200. The van der Waals surface area contributed by atoms with Gasteiger partial charge in [-0.3, -0.25) is 4.79 Å². The van der Waals surface area contributed by atoms with Crippen LogP contribution >= 0.6 is 11.6 Å². The molecule has 166 valence electrons. The first-order valence-electron chi connectivity index (χ1n) is 10.2. The van der Waals surface area contributed by atoms with Gasteiger partial charge in [-0.2, -0.15) is 5.10 Å². The van der Waals surface area contributed by atoms with Crippen molar-refractivity contribution in [1.82, 2.24) is 5.43 Å². The average molecular weight is 453 g/mol. The van der Waals surface area contributed by atoms with E-state index in [0.29, 0.717) is 46.6 Å². The Morgan fingerprint density at radius 1 is 1.00 bits per heavy atom. The van der Waals surface area contributed by atoms with E-state index >= 15 is 0 Å². The minimum absolute atomic E-state index is 0.379. The fourth-order valence-corrected chi connectivity index (χ4v) is 3.03. The average Bonchev–Trinajstić information content (AvgIpc) is 2.82. The van der Waals surface area contributed by atoms with Gasteiger partial charge in [-0.05, 0) is 48.4 Å². The van der Waals surface area contributed by atoms with Crippen molar-refractivity contribution in [2.24, 2.45) is 5.10 Å². The van der Waals surface area contributed by atoms with Gasteiger partial charge in [-0.1, -0.05) is 48.9 Å². The molecule has 0 saturated heterocycles. The van der Waals surface area contributed by atoms with E-state index in [-0.39, 0.29) is 5.91 Å². The summed E-state index contributed by atoms with van der Waals surface area (Å²) in [5.74, 6) is 1.31. The molecule has 0 aromatic heterocycles. The SMILES string of the molecule is CCCOc1ccc(C(=O)N/N=C/c2cc(Cl)ccc2OCc2ccccc2)cc1OC. The predicted octanol–water partition coefficient (Wildman–Crippen LogP) is 5.48. The summed E-state index contributed by atoms with van der Waals surface area (Å²) in [5, 5.41) is 4.61. The van der Waals surface area contributed by atoms with Crippen LogP contribution in [0.4, 0.5) is 0 Å². The number of carbonyl (C=O) groups is 1. The summed E-state index contributed by atoms with van der Waals surface area (Å²) in [7, 11) is 1.53. The molecule has 0 fully saturated rings. The summed E-state index contributed by atoms with van der Waals surface area (Å²) < 4.78 is 16.8. The van der Waals surface area contributed by atoms with Crippen LogP contribution in [-0.4, -0.2) is 25.8 Å². The maximum atomic E-state index is 12.5. The molecule has 32 heavy (non-hydrogen) atoms. The van der Waals surface area contributed by atoms with Gasteiger partial charge in [0.2, 0.25) is 0 Å². The van der Waals surface area contributed by atoms with Crippen LogP contribution in [0.2, 0.25) is 5.02 Å². The number of benzene rings is 3. The summed E-state index contributed by atoms with van der Waals surface area (Å²) in [5.41, 5.74) is 4.60. The topological polar surface area (TPSA) is 69.2 Å². The summed E-state index contributed by atoms with van der Waals surface area (Å²) in [4.78, 5) is 12.5. The fourth-order valence-electron chi connectivity index (χ4n) is 2.85. The molecule has 3 aromatic carbocycles. The van der Waals surface area contributed by atoms with Crippen LogP contribution in [0.3, 0.4) is 0 Å². The number of carbonyl (C=O) groups excluding carboxylic acids is 1. The van der Waals surface area contributed by atoms with Crippen molar-refractivity contribution in [3.8, 4) is 17.2 Å². The molecule has 1 N–H and O–H groups in total. The lowest BCUT2D eigenvalue weighted by Gasteiger charge is -2.11. The zero-order chi connectivity index (χ0) is 22.8. The van der Waals surface area contributed by atoms with Gasteiger partial charge in [0.15, 0.2) is 11.5 Å². The number of halogens is 1. The van der Waals surface area contributed by atoms with Gasteiger partial charge in [0, 0.05) is 16.1 Å². The van der Waals surface area contributed by atoms with Crippen molar-refractivity contribution in [2.45, 2.75) is 20.0 Å². The molecule has 0 saturated carbocycles. The molecule has 0 atom stereocenters. The van der Waals surface area contributed by atoms with Crippen molar-refractivity contribution in [3.63, 3.8) is 0 Å². The summed E-state index contributed by atoms with van der Waals surface area (Å²) in [6.07, 6.45) is 2.38. The molecule has 1 amide bonds. The summed E-state index contributed by atoms with van der Waals surface area (Å²) >= 11 is 6.13. The monoisotopic (exact) mass is 452 g/mol. The number of hydrogen-bond donors (Lipinski definition) is 1. The highest BCUT2D eigenvalue weighted by Gasteiger charge is 2.11. The Morgan fingerprint density at radius 3 is 2.53 bits per heavy atom. The van der Waals surface area contributed by atoms with E-state index in [4.69, 9.17) is 25.8 Å². The van der Waals surface area contributed by atoms with Crippen LogP contribution in [0.15, 0.2) is 71.8 Å². The Hall–Kier alpha value is -3.51. The second-order valence-corrected chi connectivity index (χ2v) is 7.31. The third-order valence-electron chi connectivity index (χ3n) is 4.47. The first kappa shape index (κ1) is 23.2. The Morgan fingerprint density at radius 2 is 1.78 bits per heavy atom. The van der Waals surface area contributed by atoms with Gasteiger partial charge in [-0.15, -0.1) is 0 Å². The van der Waals surface area contributed by atoms with Crippen molar-refractivity contribution in [2.75, 3.05) is 13.7 Å². The van der Waals surface area contributed by atoms with Gasteiger partial charge < -0.3 is 14.2 Å². The maximum Gasteiger partial charge on any atom is 0.271 e. The Balaban J connectivity index is 1.67. The van der Waals surface area contributed by atoms with Crippen LogP contribution < -0.4 is 19.6 Å². The van der Waals surface area contributed by atoms with E-state index in [1.54, 1.807) is 36.4 Å². The van der Waals surface area contributed by atoms with Crippen molar-refractivity contribution < 1.29 is 19.0 Å². The number of nitrogens with one attached hydrogen (secondary N) is 1. The molecule has 0 bridgehead atoms. The quantitative estimate of drug-likeness (QED) is 0.326. The molecule has 6 nitrogen and oxygen atoms in total. The van der Waals surface area contributed by atoms with Crippen molar-refractivity contribution >= 4 is 23.7 Å². The second-order valence-electron chi connectivity index (χ2n) is 6.87. The molecule has 0 heterocycles. The number of nitrogens with zero attached hydrogens (tertiary/aromatic N) is 1. The molecule has 0 aliphatic rings. The van der Waals surface area contributed by atoms with Crippen LogP contribution in [-0.2, 0) is 6.61 Å². The number of rotatable bonds is 10. The number of ether oxygens (including phenoxy) is 3. The van der Waals surface area contributed by atoms with Crippen molar-refractivity contribution in [3.05, 3.63) is 88.4 Å². The summed E-state index contributed by atoms with van der Waals surface area (Å²) in [6, 6.07) is 20.0. The van der Waals surface area contributed by atoms with E-state index in [9.17, 15) is 4.79 Å². The smallest absolute Gasteiger partial charge is 0.271 e. The van der Waals surface area contributed by atoms with Gasteiger partial charge in [0.05, 0.1) is 19.9 Å². The zero-order valence-electron chi connectivity index (χ0n) is 18.0. The molecule has 0 spiro atoms. The first-order chi connectivity index (χ1) is 15.6. The van der Waals surface area contributed by atoms with Crippen LogP contribution in [0, 0.1) is 0 Å². The van der Waals surface area contributed by atoms with E-state index < -0.39 is 0 Å². The Labute approximate surface area is 192 Å². The number of hydrazone groups is 1. The highest BCUT2D eigenvalue weighted by Crippen LogP contribution is 2.28. The number of amides is 1. The van der Waals surface area contributed by atoms with Crippen LogP contribution in [0.1, 0.15) is 34.8 Å². The lowest BCUT2D eigenvalue weighted by Crippen LogP contribution is -2.17. The van der Waals surface area contributed by atoms with Gasteiger partial charge >= 0.3 is 0 Å². The molecule has 7 heteroatoms. The molecule has 0 aliphatic heterocycles. The molecule has 3 rings (SSSR count). The molecule has 3 aromatic rings. The van der Waals surface area contributed by atoms with E-state index in [1.807, 2.05) is 37.3 Å². The van der Waals surface area contributed by atoms with Gasteiger partial charge in [0.1, 0.15) is 12.4 Å². The lowest BCUT2D eigenvalue weighted by molar-refractivity contribution is 0.0954. The molecule has 0 radical (unpaired) electrons. The maximum absolute atomic E-state index is 12.5. The van der Waals surface area contributed by atoms with Crippen molar-refractivity contribution in [1.29, 1.82) is 0 Å². The Bertz CT molecular complexity index is 1070. The number of hydrogen-bond acceptors (Lipinski definition) is 5. The van der Waals surface area contributed by atoms with Crippen LogP contribution in [0.25, 0.3) is 0 Å². The lowest BCUT2D eigenvalue weighted by atomic mass is 10.2. The molecular weight excluding hydrogens is 428 g/mol. The Kier molecular flexibility index (Phi) is 8.52. The third-order valence-corrected chi connectivity index (χ3v) is 4.70. The highest BCUT2D eigenvalue weighted by molar-refractivity contribution is 6.30. The van der Waals surface area contributed by atoms with E-state index in [1.165, 1.54) is 13.3 Å². The minimum atomic E-state index is -0.379. The van der Waals surface area contributed by atoms with Crippen LogP contribution in [0.5, 0.6) is 17.2 Å². The molecule has 0 unspecified atom stereocenters. The van der Waals surface area contributed by atoms with E-state index in [2.05, 4.69) is 10.5 Å². The number of methoxy groups -OCH3 is 1. The van der Waals surface area contributed by atoms with Gasteiger partial charge in [-0.25, -0.2) is 5.43 Å². The normalized spacial score (nSPS) is 10.7. The summed E-state index contributed by atoms with van der Waals surface area (Å²) in [6.45, 7) is 2.99.